The molecule has 0 bridgehead atoms. The van der Waals surface area contributed by atoms with E-state index in [1.165, 1.54) is 16.9 Å². The van der Waals surface area contributed by atoms with E-state index in [1.54, 1.807) is 31.6 Å². The third-order valence-electron chi connectivity index (χ3n) is 3.03. The number of hydrogen-bond donors (Lipinski definition) is 2. The van der Waals surface area contributed by atoms with Crippen LogP contribution in [0.3, 0.4) is 0 Å². The smallest absolute Gasteiger partial charge is 0.316 e. The van der Waals surface area contributed by atoms with Gasteiger partial charge in [0.25, 0.3) is 0 Å². The van der Waals surface area contributed by atoms with Crippen molar-refractivity contribution in [2.24, 2.45) is 12.8 Å². The molecule has 0 aliphatic rings. The minimum atomic E-state index is -0.842. The Kier molecular flexibility index (Phi) is 4.06. The van der Waals surface area contributed by atoms with Gasteiger partial charge in [-0.15, -0.1) is 0 Å². The molecule has 3 N–H and O–H groups in total. The minimum absolute atomic E-state index is 0.0233. The maximum Gasteiger partial charge on any atom is 0.316 e. The van der Waals surface area contributed by atoms with Crippen LogP contribution in [0.4, 0.5) is 14.9 Å². The van der Waals surface area contributed by atoms with Crippen LogP contribution in [0.2, 0.25) is 0 Å². The lowest BCUT2D eigenvalue weighted by atomic mass is 10.2. The summed E-state index contributed by atoms with van der Waals surface area (Å²) in [6.45, 7) is 0. The number of carbonyl (C=O) groups excluding carboxylic acids is 1. The highest BCUT2D eigenvalue weighted by atomic mass is 19.1. The summed E-state index contributed by atoms with van der Waals surface area (Å²) in [7, 11) is 1.70. The first-order valence-corrected chi connectivity index (χ1v) is 6.88. The van der Waals surface area contributed by atoms with E-state index >= 15 is 0 Å². The molecule has 2 amide bonds. The first-order valence-electron chi connectivity index (χ1n) is 6.88. The Morgan fingerprint density at radius 3 is 2.71 bits per heavy atom. The fourth-order valence-corrected chi connectivity index (χ4v) is 2.01. The average molecular weight is 328 g/mol. The molecule has 0 saturated carbocycles. The second kappa shape index (κ2) is 6.32. The molecule has 0 saturated heterocycles. The molecule has 2 aromatic heterocycles. The van der Waals surface area contributed by atoms with Crippen LogP contribution in [-0.2, 0) is 7.05 Å². The van der Waals surface area contributed by atoms with Crippen LogP contribution in [-0.4, -0.2) is 26.0 Å². The van der Waals surface area contributed by atoms with Crippen LogP contribution in [0, 0.1) is 5.82 Å². The number of primary amides is 1. The van der Waals surface area contributed by atoms with Crippen molar-refractivity contribution in [2.45, 2.75) is 0 Å². The predicted molar refractivity (Wildman–Crippen MR) is 83.9 cm³/mol. The van der Waals surface area contributed by atoms with Gasteiger partial charge in [0.1, 0.15) is 23.0 Å². The minimum Gasteiger partial charge on any atom is -0.457 e. The number of anilines is 1. The van der Waals surface area contributed by atoms with Gasteiger partial charge in [0.2, 0.25) is 0 Å². The van der Waals surface area contributed by atoms with Crippen molar-refractivity contribution in [2.75, 3.05) is 5.32 Å². The molecule has 24 heavy (non-hydrogen) atoms. The zero-order valence-electron chi connectivity index (χ0n) is 12.6. The number of carbonyl (C=O) groups is 1. The molecule has 0 fully saturated rings. The number of aromatic nitrogens is 4. The summed E-state index contributed by atoms with van der Waals surface area (Å²) < 4.78 is 19.5. The first-order chi connectivity index (χ1) is 11.5. The summed E-state index contributed by atoms with van der Waals surface area (Å²) in [6, 6.07) is 6.47. The molecular formula is C15H13FN6O2. The topological polar surface area (TPSA) is 108 Å². The maximum atomic E-state index is 13.9. The quantitative estimate of drug-likeness (QED) is 0.764. The number of benzene rings is 1. The number of nitrogens with one attached hydrogen (secondary N) is 1. The van der Waals surface area contributed by atoms with Crippen LogP contribution in [0.5, 0.6) is 11.5 Å². The van der Waals surface area contributed by atoms with Crippen LogP contribution < -0.4 is 15.8 Å². The van der Waals surface area contributed by atoms with E-state index in [2.05, 4.69) is 20.5 Å². The highest BCUT2D eigenvalue weighted by Crippen LogP contribution is 2.27. The van der Waals surface area contributed by atoms with Gasteiger partial charge in [-0.2, -0.15) is 15.0 Å². The number of nitrogens with zero attached hydrogens (tertiary/aromatic N) is 4. The SMILES string of the molecule is Cn1ncc(-c2cc(Oc3ccc(NC(N)=O)c(F)c3)ccn2)n1. The standard InChI is InChI=1S/C15H13FN6O2/c1-22-19-8-14(21-22)13-7-10(4-5-18-13)24-9-2-3-12(11(16)6-9)20-15(17)23/h2-8H,1H3,(H3,17,20,23). The maximum absolute atomic E-state index is 13.9. The third-order valence-corrected chi connectivity index (χ3v) is 3.03. The van der Waals surface area contributed by atoms with Crippen molar-refractivity contribution in [3.8, 4) is 22.9 Å². The fourth-order valence-electron chi connectivity index (χ4n) is 2.01. The molecule has 2 heterocycles. The second-order valence-corrected chi connectivity index (χ2v) is 4.83. The number of pyridine rings is 1. The van der Waals surface area contributed by atoms with E-state index in [1.807, 2.05) is 0 Å². The normalized spacial score (nSPS) is 10.4. The van der Waals surface area contributed by atoms with Crippen LogP contribution in [0.15, 0.2) is 42.7 Å². The summed E-state index contributed by atoms with van der Waals surface area (Å²) >= 11 is 0. The molecule has 3 rings (SSSR count). The van der Waals surface area contributed by atoms with Gasteiger partial charge in [0, 0.05) is 25.4 Å². The monoisotopic (exact) mass is 328 g/mol. The van der Waals surface area contributed by atoms with Crippen LogP contribution in [0.25, 0.3) is 11.4 Å². The summed E-state index contributed by atoms with van der Waals surface area (Å²) in [5.41, 5.74) is 6.11. The van der Waals surface area contributed by atoms with E-state index in [-0.39, 0.29) is 11.4 Å². The molecular weight excluding hydrogens is 315 g/mol. The Morgan fingerprint density at radius 2 is 2.04 bits per heavy atom. The second-order valence-electron chi connectivity index (χ2n) is 4.83. The lowest BCUT2D eigenvalue weighted by Crippen LogP contribution is -2.19. The zero-order valence-corrected chi connectivity index (χ0v) is 12.6. The van der Waals surface area contributed by atoms with E-state index < -0.39 is 11.8 Å². The highest BCUT2D eigenvalue weighted by molar-refractivity contribution is 5.87. The number of aryl methyl sites for hydroxylation is 1. The fraction of sp³-hybridized carbons (Fsp3) is 0.0667. The number of nitrogens with two attached hydrogens (primary N) is 1. The van der Waals surface area contributed by atoms with Crippen LogP contribution >= 0.6 is 0 Å². The van der Waals surface area contributed by atoms with E-state index in [0.29, 0.717) is 17.1 Å². The molecule has 0 spiro atoms. The summed E-state index contributed by atoms with van der Waals surface area (Å²) in [6.07, 6.45) is 3.13. The molecule has 3 aromatic rings. The average Bonchev–Trinajstić information content (AvgIpc) is 2.97. The number of halogens is 1. The molecule has 122 valence electrons. The van der Waals surface area contributed by atoms with Gasteiger partial charge in [-0.1, -0.05) is 0 Å². The van der Waals surface area contributed by atoms with Gasteiger partial charge in [-0.25, -0.2) is 9.18 Å². The molecule has 0 aliphatic carbocycles. The molecule has 0 atom stereocenters. The van der Waals surface area contributed by atoms with Gasteiger partial charge < -0.3 is 15.8 Å². The number of hydrogen-bond acceptors (Lipinski definition) is 5. The third kappa shape index (κ3) is 3.46. The Bertz CT molecular complexity index is 895. The Balaban J connectivity index is 1.81. The molecule has 0 aliphatic heterocycles. The van der Waals surface area contributed by atoms with Gasteiger partial charge in [0.15, 0.2) is 0 Å². The number of amides is 2. The van der Waals surface area contributed by atoms with Crippen molar-refractivity contribution in [1.82, 2.24) is 20.0 Å². The van der Waals surface area contributed by atoms with E-state index in [4.69, 9.17) is 10.5 Å². The van der Waals surface area contributed by atoms with E-state index in [9.17, 15) is 9.18 Å². The highest BCUT2D eigenvalue weighted by Gasteiger charge is 2.09. The number of urea groups is 1. The van der Waals surface area contributed by atoms with Gasteiger partial charge in [0.05, 0.1) is 17.6 Å². The number of ether oxygens (including phenoxy) is 1. The lowest BCUT2D eigenvalue weighted by molar-refractivity contribution is 0.259. The summed E-state index contributed by atoms with van der Waals surface area (Å²) in [5.74, 6) is 0.0639. The predicted octanol–water partition coefficient (Wildman–Crippen LogP) is 2.30. The molecule has 9 heteroatoms. The van der Waals surface area contributed by atoms with Gasteiger partial charge >= 0.3 is 6.03 Å². The Morgan fingerprint density at radius 1 is 1.25 bits per heavy atom. The zero-order chi connectivity index (χ0) is 17.1. The largest absolute Gasteiger partial charge is 0.457 e. The first kappa shape index (κ1) is 15.4. The number of rotatable bonds is 4. The van der Waals surface area contributed by atoms with Crippen molar-refractivity contribution in [3.63, 3.8) is 0 Å². The Labute approximate surface area is 136 Å². The lowest BCUT2D eigenvalue weighted by Gasteiger charge is -2.09. The van der Waals surface area contributed by atoms with Crippen LogP contribution in [0.1, 0.15) is 0 Å². The molecule has 0 unspecified atom stereocenters. The van der Waals surface area contributed by atoms with Gasteiger partial charge in [-0.05, 0) is 18.2 Å². The summed E-state index contributed by atoms with van der Waals surface area (Å²) in [4.78, 5) is 16.4. The van der Waals surface area contributed by atoms with E-state index in [0.717, 1.165) is 6.07 Å². The summed E-state index contributed by atoms with van der Waals surface area (Å²) in [5, 5.41) is 10.3. The van der Waals surface area contributed by atoms with Crippen molar-refractivity contribution in [3.05, 3.63) is 48.5 Å². The molecule has 8 nitrogen and oxygen atoms in total. The Hall–Kier alpha value is -3.49. The van der Waals surface area contributed by atoms with Gasteiger partial charge in [-0.3, -0.25) is 4.98 Å². The van der Waals surface area contributed by atoms with Crippen molar-refractivity contribution in [1.29, 1.82) is 0 Å². The molecule has 0 radical (unpaired) electrons. The van der Waals surface area contributed by atoms with Crippen molar-refractivity contribution >= 4 is 11.7 Å². The molecule has 1 aromatic carbocycles. The van der Waals surface area contributed by atoms with Crippen molar-refractivity contribution < 1.29 is 13.9 Å².